The second-order valence-electron chi connectivity index (χ2n) is 10.1. The molecular formula is C30H41N3O8. The average Bonchev–Trinajstić information content (AvgIpc) is 2.94. The van der Waals surface area contributed by atoms with Crippen molar-refractivity contribution in [3.8, 4) is 0 Å². The van der Waals surface area contributed by atoms with E-state index in [0.29, 0.717) is 13.1 Å². The van der Waals surface area contributed by atoms with Crippen molar-refractivity contribution in [2.24, 2.45) is 0 Å². The molecule has 11 heteroatoms. The van der Waals surface area contributed by atoms with Gasteiger partial charge in [-0.25, -0.2) is 19.2 Å². The zero-order valence-corrected chi connectivity index (χ0v) is 24.5. The van der Waals surface area contributed by atoms with E-state index in [1.165, 1.54) is 4.90 Å². The van der Waals surface area contributed by atoms with E-state index < -0.39 is 35.9 Å². The zero-order chi connectivity index (χ0) is 30.3. The number of ether oxygens (including phenoxy) is 3. The third-order valence-electron chi connectivity index (χ3n) is 5.67. The number of esters is 1. The van der Waals surface area contributed by atoms with Gasteiger partial charge in [0.1, 0.15) is 24.9 Å². The third-order valence-corrected chi connectivity index (χ3v) is 5.67. The Labute approximate surface area is 241 Å². The number of carbonyl (C=O) groups excluding carboxylic acids is 4. The van der Waals surface area contributed by atoms with Gasteiger partial charge < -0.3 is 29.3 Å². The smallest absolute Gasteiger partial charge is 0.443 e. The second kappa shape index (κ2) is 16.7. The van der Waals surface area contributed by atoms with Crippen LogP contribution < -0.4 is 5.32 Å². The van der Waals surface area contributed by atoms with Gasteiger partial charge in [0.05, 0.1) is 6.54 Å². The van der Waals surface area contributed by atoms with E-state index in [2.05, 4.69) is 5.32 Å². The van der Waals surface area contributed by atoms with E-state index in [1.54, 1.807) is 34.6 Å². The number of hydrogen-bond donors (Lipinski definition) is 1. The van der Waals surface area contributed by atoms with Crippen LogP contribution in [0.4, 0.5) is 14.4 Å². The molecule has 2 rings (SSSR count). The highest BCUT2D eigenvalue weighted by molar-refractivity contribution is 5.81. The van der Waals surface area contributed by atoms with Crippen molar-refractivity contribution < 1.29 is 38.2 Å². The molecule has 0 fully saturated rings. The Kier molecular flexibility index (Phi) is 13.4. The van der Waals surface area contributed by atoms with Gasteiger partial charge >= 0.3 is 24.2 Å². The Balaban J connectivity index is 2.08. The number of alkyl carbamates (subject to hydrolysis) is 1. The van der Waals surface area contributed by atoms with Crippen LogP contribution in [0.2, 0.25) is 0 Å². The fourth-order valence-electron chi connectivity index (χ4n) is 3.55. The molecule has 0 bridgehead atoms. The van der Waals surface area contributed by atoms with Crippen LogP contribution in [0.25, 0.3) is 0 Å². The van der Waals surface area contributed by atoms with Crippen LogP contribution in [0.1, 0.15) is 58.6 Å². The first kappa shape index (κ1) is 32.9. The van der Waals surface area contributed by atoms with E-state index in [4.69, 9.17) is 19.0 Å². The van der Waals surface area contributed by atoms with Crippen molar-refractivity contribution in [3.05, 3.63) is 71.8 Å². The maximum atomic E-state index is 13.0. The van der Waals surface area contributed by atoms with Crippen LogP contribution >= 0.6 is 0 Å². The number of benzene rings is 2. The highest BCUT2D eigenvalue weighted by atomic mass is 16.8. The number of hydroxylamine groups is 2. The average molecular weight is 572 g/mol. The normalized spacial score (nSPS) is 11.5. The molecule has 0 radical (unpaired) electrons. The molecule has 0 saturated heterocycles. The molecule has 0 aliphatic carbocycles. The Morgan fingerprint density at radius 1 is 0.805 bits per heavy atom. The lowest BCUT2D eigenvalue weighted by molar-refractivity contribution is -0.147. The van der Waals surface area contributed by atoms with Crippen molar-refractivity contribution in [1.29, 1.82) is 0 Å². The summed E-state index contributed by atoms with van der Waals surface area (Å²) in [5, 5.41) is 3.38. The lowest BCUT2D eigenvalue weighted by Gasteiger charge is -2.28. The molecular weight excluding hydrogens is 530 g/mol. The van der Waals surface area contributed by atoms with Crippen molar-refractivity contribution >= 4 is 24.2 Å². The molecule has 0 aliphatic heterocycles. The van der Waals surface area contributed by atoms with Crippen LogP contribution in [0.15, 0.2) is 60.7 Å². The number of nitrogens with zero attached hydrogens (tertiary/aromatic N) is 2. The first-order chi connectivity index (χ1) is 19.5. The van der Waals surface area contributed by atoms with Crippen LogP contribution in [-0.4, -0.2) is 65.5 Å². The predicted octanol–water partition coefficient (Wildman–Crippen LogP) is 5.44. The summed E-state index contributed by atoms with van der Waals surface area (Å²) in [7, 11) is 0. The van der Waals surface area contributed by atoms with E-state index in [0.717, 1.165) is 16.2 Å². The van der Waals surface area contributed by atoms with Gasteiger partial charge in [-0.15, -0.1) is 5.06 Å². The maximum Gasteiger partial charge on any atom is 0.443 e. The quantitative estimate of drug-likeness (QED) is 0.203. The molecule has 3 amide bonds. The minimum Gasteiger partial charge on any atom is -0.459 e. The summed E-state index contributed by atoms with van der Waals surface area (Å²) in [6.07, 6.45) is -2.13. The van der Waals surface area contributed by atoms with Crippen LogP contribution in [0.5, 0.6) is 0 Å². The molecule has 0 aromatic heterocycles. The van der Waals surface area contributed by atoms with E-state index in [-0.39, 0.29) is 32.6 Å². The van der Waals surface area contributed by atoms with Gasteiger partial charge in [-0.05, 0) is 58.6 Å². The van der Waals surface area contributed by atoms with Gasteiger partial charge in [0.15, 0.2) is 0 Å². The summed E-state index contributed by atoms with van der Waals surface area (Å²) in [4.78, 5) is 57.6. The fourth-order valence-corrected chi connectivity index (χ4v) is 3.55. The Morgan fingerprint density at radius 2 is 1.34 bits per heavy atom. The summed E-state index contributed by atoms with van der Waals surface area (Å²) >= 11 is 0. The van der Waals surface area contributed by atoms with Crippen molar-refractivity contribution in [1.82, 2.24) is 15.3 Å². The number of rotatable bonds is 12. The summed E-state index contributed by atoms with van der Waals surface area (Å²) in [6, 6.07) is 17.2. The van der Waals surface area contributed by atoms with Crippen LogP contribution in [-0.2, 0) is 37.1 Å². The molecule has 0 saturated carbocycles. The van der Waals surface area contributed by atoms with Gasteiger partial charge in [0, 0.05) is 13.1 Å². The number of carbonyl (C=O) groups is 4. The monoisotopic (exact) mass is 571 g/mol. The Morgan fingerprint density at radius 3 is 1.85 bits per heavy atom. The van der Waals surface area contributed by atoms with Crippen LogP contribution in [0, 0.1) is 0 Å². The second-order valence-corrected chi connectivity index (χ2v) is 10.1. The molecule has 2 aromatic rings. The minimum atomic E-state index is -1.08. The summed E-state index contributed by atoms with van der Waals surface area (Å²) in [5.41, 5.74) is 0.740. The standard InChI is InChI=1S/C30H41N3O8/c1-6-32(7-2)28(36)41-33(29(37)40-30(3,4)5)20-14-19-25(26(34)38-21-23-15-10-8-11-16-23)31-27(35)39-22-24-17-12-9-13-18-24/h8-13,15-18,25H,6-7,14,19-22H2,1-5H3,(H,31,35)/t25-/m0/s1. The van der Waals surface area contributed by atoms with Crippen molar-refractivity contribution in [3.63, 3.8) is 0 Å². The van der Waals surface area contributed by atoms with Gasteiger partial charge in [-0.3, -0.25) is 0 Å². The number of nitrogens with one attached hydrogen (secondary N) is 1. The molecule has 0 heterocycles. The largest absolute Gasteiger partial charge is 0.459 e. The molecule has 1 N–H and O–H groups in total. The van der Waals surface area contributed by atoms with Crippen LogP contribution in [0.3, 0.4) is 0 Å². The first-order valence-electron chi connectivity index (χ1n) is 13.7. The molecule has 0 spiro atoms. The van der Waals surface area contributed by atoms with Gasteiger partial charge in [-0.1, -0.05) is 60.7 Å². The fraction of sp³-hybridized carbons (Fsp3) is 0.467. The summed E-state index contributed by atoms with van der Waals surface area (Å²) < 4.78 is 16.1. The SMILES string of the molecule is CCN(CC)C(=O)ON(CCC[C@H](NC(=O)OCc1ccccc1)C(=O)OCc1ccccc1)C(=O)OC(C)(C)C. The Hall–Kier alpha value is -4.28. The maximum absolute atomic E-state index is 13.0. The number of hydrogen-bond acceptors (Lipinski definition) is 8. The Bertz CT molecular complexity index is 1100. The summed E-state index contributed by atoms with van der Waals surface area (Å²) in [6.45, 7) is 9.38. The highest BCUT2D eigenvalue weighted by Crippen LogP contribution is 2.14. The lowest BCUT2D eigenvalue weighted by atomic mass is 10.1. The molecule has 41 heavy (non-hydrogen) atoms. The van der Waals surface area contributed by atoms with Crippen molar-refractivity contribution in [2.45, 2.75) is 72.3 Å². The predicted molar refractivity (Wildman–Crippen MR) is 151 cm³/mol. The van der Waals surface area contributed by atoms with Gasteiger partial charge in [-0.2, -0.15) is 0 Å². The topological polar surface area (TPSA) is 124 Å². The van der Waals surface area contributed by atoms with E-state index >= 15 is 0 Å². The third kappa shape index (κ3) is 12.6. The minimum absolute atomic E-state index is 0.0163. The van der Waals surface area contributed by atoms with Gasteiger partial charge in [0.25, 0.3) is 0 Å². The van der Waals surface area contributed by atoms with E-state index in [1.807, 2.05) is 60.7 Å². The molecule has 11 nitrogen and oxygen atoms in total. The van der Waals surface area contributed by atoms with E-state index in [9.17, 15) is 19.2 Å². The number of amides is 3. The molecule has 0 unspecified atom stereocenters. The van der Waals surface area contributed by atoms with Crippen molar-refractivity contribution in [2.75, 3.05) is 19.6 Å². The molecule has 0 aliphatic rings. The highest BCUT2D eigenvalue weighted by Gasteiger charge is 2.29. The first-order valence-corrected chi connectivity index (χ1v) is 13.7. The van der Waals surface area contributed by atoms with Gasteiger partial charge in [0.2, 0.25) is 0 Å². The summed E-state index contributed by atoms with van der Waals surface area (Å²) in [5.74, 6) is -0.672. The molecule has 1 atom stereocenters. The molecule has 224 valence electrons. The molecule has 2 aromatic carbocycles. The zero-order valence-electron chi connectivity index (χ0n) is 24.5. The lowest BCUT2D eigenvalue weighted by Crippen LogP contribution is -2.44.